The lowest BCUT2D eigenvalue weighted by Gasteiger charge is -2.36. The lowest BCUT2D eigenvalue weighted by atomic mass is 10.1. The zero-order valence-corrected chi connectivity index (χ0v) is 15.8. The van der Waals surface area contributed by atoms with Gasteiger partial charge in [0.25, 0.3) is 5.69 Å². The third-order valence-corrected chi connectivity index (χ3v) is 5.18. The molecule has 148 valence electrons. The lowest BCUT2D eigenvalue weighted by Crippen LogP contribution is -2.50. The average Bonchev–Trinajstić information content (AvgIpc) is 2.77. The number of hydrogen-bond donors (Lipinski definition) is 1. The average molecular weight is 391 g/mol. The Morgan fingerprint density at radius 1 is 1.03 bits per heavy atom. The molecule has 2 aromatic carbocycles. The second kappa shape index (κ2) is 8.14. The Morgan fingerprint density at radius 2 is 1.79 bits per heavy atom. The summed E-state index contributed by atoms with van der Waals surface area (Å²) in [5.74, 6) is 0.0123. The van der Waals surface area contributed by atoms with Crippen LogP contribution in [0.1, 0.15) is 0 Å². The number of fused-ring (bicyclic) bond motifs is 1. The van der Waals surface area contributed by atoms with Crippen molar-refractivity contribution in [3.05, 3.63) is 71.0 Å². The summed E-state index contributed by atoms with van der Waals surface area (Å²) < 4.78 is 0. The number of nitro groups is 1. The number of anilines is 2. The number of non-ortho nitro benzene ring substituents is 1. The predicted molar refractivity (Wildman–Crippen MR) is 112 cm³/mol. The summed E-state index contributed by atoms with van der Waals surface area (Å²) in [6.45, 7) is 3.06. The SMILES string of the molecule is O=C(CNc1ccc([N+](=O)[O-])c2cnccc12)N1CCN(c2ccccc2)CC1. The highest BCUT2D eigenvalue weighted by Gasteiger charge is 2.21. The molecule has 0 saturated carbocycles. The number of carbonyl (C=O) groups excluding carboxylic acids is 1. The van der Waals surface area contributed by atoms with E-state index < -0.39 is 4.92 Å². The van der Waals surface area contributed by atoms with Crippen LogP contribution < -0.4 is 10.2 Å². The van der Waals surface area contributed by atoms with Gasteiger partial charge in [-0.3, -0.25) is 19.9 Å². The quantitative estimate of drug-likeness (QED) is 0.531. The third-order valence-electron chi connectivity index (χ3n) is 5.18. The van der Waals surface area contributed by atoms with E-state index in [1.54, 1.807) is 18.3 Å². The van der Waals surface area contributed by atoms with E-state index in [-0.39, 0.29) is 18.1 Å². The number of aromatic nitrogens is 1. The van der Waals surface area contributed by atoms with Crippen LogP contribution in [0.5, 0.6) is 0 Å². The Balaban J connectivity index is 1.39. The first kappa shape index (κ1) is 18.7. The van der Waals surface area contributed by atoms with Gasteiger partial charge in [-0.05, 0) is 24.3 Å². The van der Waals surface area contributed by atoms with Crippen molar-refractivity contribution in [2.45, 2.75) is 0 Å². The molecule has 0 spiro atoms. The number of para-hydroxylation sites is 1. The number of nitrogens with one attached hydrogen (secondary N) is 1. The van der Waals surface area contributed by atoms with Crippen LogP contribution in [0.3, 0.4) is 0 Å². The molecule has 1 aromatic heterocycles. The number of piperazine rings is 1. The van der Waals surface area contributed by atoms with Crippen LogP contribution in [-0.4, -0.2) is 53.4 Å². The number of nitro benzene ring substituents is 1. The fourth-order valence-electron chi connectivity index (χ4n) is 3.62. The largest absolute Gasteiger partial charge is 0.376 e. The van der Waals surface area contributed by atoms with E-state index in [2.05, 4.69) is 27.3 Å². The molecule has 1 aliphatic rings. The molecule has 1 amide bonds. The second-order valence-electron chi connectivity index (χ2n) is 6.87. The normalized spacial score (nSPS) is 14.1. The van der Waals surface area contributed by atoms with Crippen LogP contribution in [0.15, 0.2) is 60.9 Å². The highest BCUT2D eigenvalue weighted by molar-refractivity contribution is 5.99. The maximum absolute atomic E-state index is 12.7. The molecule has 8 heteroatoms. The Labute approximate surface area is 167 Å². The molecule has 1 aliphatic heterocycles. The Morgan fingerprint density at radius 3 is 2.52 bits per heavy atom. The van der Waals surface area contributed by atoms with E-state index in [1.165, 1.54) is 18.0 Å². The summed E-state index contributed by atoms with van der Waals surface area (Å²) in [7, 11) is 0. The molecular formula is C21H21N5O3. The van der Waals surface area contributed by atoms with Crippen LogP contribution in [0, 0.1) is 10.1 Å². The first-order chi connectivity index (χ1) is 14.1. The highest BCUT2D eigenvalue weighted by Crippen LogP contribution is 2.30. The molecule has 1 fully saturated rings. The number of hydrogen-bond acceptors (Lipinski definition) is 6. The molecule has 1 N–H and O–H groups in total. The van der Waals surface area contributed by atoms with Crippen molar-refractivity contribution in [3.8, 4) is 0 Å². The first-order valence-electron chi connectivity index (χ1n) is 9.46. The van der Waals surface area contributed by atoms with Crippen molar-refractivity contribution < 1.29 is 9.72 Å². The van der Waals surface area contributed by atoms with Gasteiger partial charge in [-0.25, -0.2) is 0 Å². The number of carbonyl (C=O) groups is 1. The molecular weight excluding hydrogens is 370 g/mol. The third kappa shape index (κ3) is 3.96. The Kier molecular flexibility index (Phi) is 5.24. The summed E-state index contributed by atoms with van der Waals surface area (Å²) in [4.78, 5) is 31.6. The molecule has 4 rings (SSSR count). The minimum Gasteiger partial charge on any atom is -0.376 e. The molecule has 1 saturated heterocycles. The number of benzene rings is 2. The number of nitrogens with zero attached hydrogens (tertiary/aromatic N) is 4. The van der Waals surface area contributed by atoms with Crippen LogP contribution in [-0.2, 0) is 4.79 Å². The smallest absolute Gasteiger partial charge is 0.278 e. The van der Waals surface area contributed by atoms with Crippen molar-refractivity contribution >= 4 is 33.7 Å². The molecule has 0 unspecified atom stereocenters. The van der Waals surface area contributed by atoms with Crippen LogP contribution in [0.4, 0.5) is 17.1 Å². The van der Waals surface area contributed by atoms with Gasteiger partial charge in [-0.1, -0.05) is 18.2 Å². The minimum atomic E-state index is -0.425. The van der Waals surface area contributed by atoms with Gasteiger partial charge in [-0.15, -0.1) is 0 Å². The minimum absolute atomic E-state index is 0.00186. The lowest BCUT2D eigenvalue weighted by molar-refractivity contribution is -0.383. The van der Waals surface area contributed by atoms with Crippen molar-refractivity contribution in [1.29, 1.82) is 0 Å². The molecule has 29 heavy (non-hydrogen) atoms. The van der Waals surface area contributed by atoms with Crippen molar-refractivity contribution in [2.75, 3.05) is 42.9 Å². The maximum atomic E-state index is 12.7. The zero-order chi connectivity index (χ0) is 20.2. The second-order valence-corrected chi connectivity index (χ2v) is 6.87. The predicted octanol–water partition coefficient (Wildman–Crippen LogP) is 2.90. The van der Waals surface area contributed by atoms with E-state index in [0.717, 1.165) is 13.1 Å². The standard InChI is InChI=1S/C21H21N5O3/c27-21(25-12-10-24(11-13-25)16-4-2-1-3-5-16)15-23-19-6-7-20(26(28)29)18-14-22-9-8-17(18)19/h1-9,14,23H,10-13,15H2. The number of rotatable bonds is 5. The summed E-state index contributed by atoms with van der Waals surface area (Å²) >= 11 is 0. The van der Waals surface area contributed by atoms with Crippen molar-refractivity contribution in [1.82, 2.24) is 9.88 Å². The summed E-state index contributed by atoms with van der Waals surface area (Å²) in [5, 5.41) is 15.5. The van der Waals surface area contributed by atoms with E-state index in [1.807, 2.05) is 23.1 Å². The van der Waals surface area contributed by atoms with Gasteiger partial charge in [0, 0.05) is 61.4 Å². The molecule has 0 aliphatic carbocycles. The van der Waals surface area contributed by atoms with E-state index >= 15 is 0 Å². The Bertz CT molecular complexity index is 1030. The number of pyridine rings is 1. The first-order valence-corrected chi connectivity index (χ1v) is 9.46. The van der Waals surface area contributed by atoms with Gasteiger partial charge >= 0.3 is 0 Å². The maximum Gasteiger partial charge on any atom is 0.278 e. The fraction of sp³-hybridized carbons (Fsp3) is 0.238. The molecule has 8 nitrogen and oxygen atoms in total. The Hall–Kier alpha value is -3.68. The van der Waals surface area contributed by atoms with Gasteiger partial charge in [0.2, 0.25) is 5.91 Å². The summed E-state index contributed by atoms with van der Waals surface area (Å²) in [5.41, 5.74) is 1.86. The van der Waals surface area contributed by atoms with Crippen LogP contribution in [0.2, 0.25) is 0 Å². The van der Waals surface area contributed by atoms with Gasteiger partial charge in [0.05, 0.1) is 16.9 Å². The van der Waals surface area contributed by atoms with Gasteiger partial charge in [-0.2, -0.15) is 0 Å². The van der Waals surface area contributed by atoms with Gasteiger partial charge in [0.1, 0.15) is 0 Å². The molecule has 0 bridgehead atoms. The van der Waals surface area contributed by atoms with Crippen molar-refractivity contribution in [3.63, 3.8) is 0 Å². The molecule has 0 radical (unpaired) electrons. The van der Waals surface area contributed by atoms with E-state index in [4.69, 9.17) is 0 Å². The van der Waals surface area contributed by atoms with Crippen molar-refractivity contribution in [2.24, 2.45) is 0 Å². The summed E-state index contributed by atoms with van der Waals surface area (Å²) in [6, 6.07) is 15.0. The highest BCUT2D eigenvalue weighted by atomic mass is 16.6. The number of amides is 1. The molecule has 0 atom stereocenters. The van der Waals surface area contributed by atoms with Crippen LogP contribution >= 0.6 is 0 Å². The zero-order valence-electron chi connectivity index (χ0n) is 15.8. The van der Waals surface area contributed by atoms with E-state index in [9.17, 15) is 14.9 Å². The topological polar surface area (TPSA) is 91.6 Å². The summed E-state index contributed by atoms with van der Waals surface area (Å²) in [6.07, 6.45) is 3.06. The van der Waals surface area contributed by atoms with Gasteiger partial charge in [0.15, 0.2) is 0 Å². The fourth-order valence-corrected chi connectivity index (χ4v) is 3.62. The molecule has 3 aromatic rings. The van der Waals surface area contributed by atoms with Gasteiger partial charge < -0.3 is 15.1 Å². The molecule has 2 heterocycles. The monoisotopic (exact) mass is 391 g/mol. The van der Waals surface area contributed by atoms with Crippen LogP contribution in [0.25, 0.3) is 10.8 Å². The van der Waals surface area contributed by atoms with E-state index in [0.29, 0.717) is 29.5 Å².